The van der Waals surface area contributed by atoms with Crippen molar-refractivity contribution in [3.05, 3.63) is 45.6 Å². The zero-order valence-corrected chi connectivity index (χ0v) is 14.3. The summed E-state index contributed by atoms with van der Waals surface area (Å²) in [6.45, 7) is 1.83. The van der Waals surface area contributed by atoms with Crippen molar-refractivity contribution < 1.29 is 9.53 Å². The van der Waals surface area contributed by atoms with Crippen molar-refractivity contribution in [1.29, 1.82) is 0 Å². The molecule has 114 valence electrons. The molecule has 0 radical (unpaired) electrons. The summed E-state index contributed by atoms with van der Waals surface area (Å²) in [6, 6.07) is 9.85. The van der Waals surface area contributed by atoms with Gasteiger partial charge >= 0.3 is 5.97 Å². The zero-order chi connectivity index (χ0) is 15.5. The number of thioether (sulfide) groups is 1. The fraction of sp³-hybridized carbons (Fsp3) is 0.250. The number of halogens is 1. The number of benzene rings is 1. The highest BCUT2D eigenvalue weighted by Gasteiger charge is 2.26. The maximum Gasteiger partial charge on any atom is 0.302 e. The van der Waals surface area contributed by atoms with Crippen LogP contribution in [0, 0.1) is 0 Å². The Morgan fingerprint density at radius 1 is 1.41 bits per heavy atom. The van der Waals surface area contributed by atoms with Crippen molar-refractivity contribution in [2.45, 2.75) is 23.5 Å². The van der Waals surface area contributed by atoms with E-state index in [2.05, 4.69) is 6.07 Å². The summed E-state index contributed by atoms with van der Waals surface area (Å²) in [5, 5.41) is 2.90. The molecule has 0 amide bonds. The van der Waals surface area contributed by atoms with Crippen LogP contribution >= 0.6 is 34.7 Å². The number of nitrogens with zero attached hydrogens (tertiary/aromatic N) is 1. The van der Waals surface area contributed by atoms with E-state index in [1.807, 2.05) is 29.6 Å². The molecule has 1 atom stereocenters. The molecule has 0 fully saturated rings. The molecule has 2 aromatic rings. The van der Waals surface area contributed by atoms with Crippen LogP contribution in [-0.2, 0) is 9.53 Å². The Bertz CT molecular complexity index is 713. The highest BCUT2D eigenvalue weighted by atomic mass is 35.5. The first kappa shape index (κ1) is 15.6. The molecule has 1 unspecified atom stereocenters. The molecule has 0 N–H and O–H groups in total. The second-order valence-corrected chi connectivity index (χ2v) is 7.45. The van der Waals surface area contributed by atoms with Gasteiger partial charge in [-0.05, 0) is 36.1 Å². The molecule has 1 aromatic heterocycles. The summed E-state index contributed by atoms with van der Waals surface area (Å²) in [7, 11) is 0. The van der Waals surface area contributed by atoms with Crippen molar-refractivity contribution >= 4 is 52.1 Å². The molecule has 0 aliphatic carbocycles. The van der Waals surface area contributed by atoms with E-state index in [0.717, 1.165) is 27.6 Å². The fourth-order valence-corrected chi connectivity index (χ4v) is 4.43. The largest absolute Gasteiger partial charge is 0.466 e. The topological polar surface area (TPSA) is 38.7 Å². The Hall–Kier alpha value is -1.30. The number of hydrogen-bond donors (Lipinski definition) is 0. The van der Waals surface area contributed by atoms with Crippen LogP contribution in [0.25, 0.3) is 0 Å². The van der Waals surface area contributed by atoms with Gasteiger partial charge in [0.2, 0.25) is 0 Å². The smallest absolute Gasteiger partial charge is 0.302 e. The molecule has 1 aliphatic heterocycles. The number of carbonyl (C=O) groups is 1. The van der Waals surface area contributed by atoms with E-state index >= 15 is 0 Å². The number of rotatable bonds is 4. The quantitative estimate of drug-likeness (QED) is 0.731. The van der Waals surface area contributed by atoms with Gasteiger partial charge in [-0.25, -0.2) is 4.99 Å². The van der Waals surface area contributed by atoms with Crippen LogP contribution in [-0.4, -0.2) is 23.5 Å². The molecule has 0 bridgehead atoms. The van der Waals surface area contributed by atoms with E-state index in [1.165, 1.54) is 6.92 Å². The number of carbonyl (C=O) groups excluding carboxylic acids is 1. The van der Waals surface area contributed by atoms with Crippen LogP contribution in [0.2, 0.25) is 5.02 Å². The molecule has 0 spiro atoms. The van der Waals surface area contributed by atoms with Gasteiger partial charge in [0.25, 0.3) is 0 Å². The fourth-order valence-electron chi connectivity index (χ4n) is 2.23. The third-order valence-corrected chi connectivity index (χ3v) is 5.67. The van der Waals surface area contributed by atoms with Gasteiger partial charge in [-0.3, -0.25) is 4.79 Å². The first-order chi connectivity index (χ1) is 10.6. The Labute approximate surface area is 142 Å². The first-order valence-corrected chi connectivity index (χ1v) is 8.99. The number of thiophene rings is 1. The van der Waals surface area contributed by atoms with Crippen molar-refractivity contribution in [2.24, 2.45) is 4.99 Å². The molecule has 3 nitrogen and oxygen atoms in total. The van der Waals surface area contributed by atoms with Gasteiger partial charge in [-0.2, -0.15) is 0 Å². The summed E-state index contributed by atoms with van der Waals surface area (Å²) in [5.74, 6) is -0.248. The number of fused-ring (bicyclic) bond motifs is 1. The second kappa shape index (κ2) is 6.86. The summed E-state index contributed by atoms with van der Waals surface area (Å²) in [4.78, 5) is 18.0. The molecule has 1 aromatic carbocycles. The first-order valence-electron chi connectivity index (χ1n) is 6.85. The maximum atomic E-state index is 11.0. The average Bonchev–Trinajstić information content (AvgIpc) is 3.00. The maximum absolute atomic E-state index is 11.0. The van der Waals surface area contributed by atoms with Gasteiger partial charge in [-0.15, -0.1) is 23.1 Å². The number of aliphatic imine (C=N–C) groups is 1. The number of hydrogen-bond acceptors (Lipinski definition) is 5. The third kappa shape index (κ3) is 3.54. The minimum atomic E-state index is -0.248. The normalized spacial score (nSPS) is 16.8. The minimum absolute atomic E-state index is 0.173. The standard InChI is InChI=1S/C16H14ClNO2S2/c1-10(19)20-7-6-15-16(14-3-2-8-21-14)18-12-9-11(17)4-5-13(12)22-15/h2-5,8-9,15H,6-7H2,1H3. The summed E-state index contributed by atoms with van der Waals surface area (Å²) < 4.78 is 5.09. The second-order valence-electron chi connectivity index (χ2n) is 4.82. The molecular formula is C16H14ClNO2S2. The molecule has 22 heavy (non-hydrogen) atoms. The van der Waals surface area contributed by atoms with Gasteiger partial charge in [0.15, 0.2) is 0 Å². The predicted molar refractivity (Wildman–Crippen MR) is 92.9 cm³/mol. The Morgan fingerprint density at radius 2 is 2.27 bits per heavy atom. The van der Waals surface area contributed by atoms with Crippen LogP contribution in [0.15, 0.2) is 45.6 Å². The van der Waals surface area contributed by atoms with Crippen LogP contribution in [0.4, 0.5) is 5.69 Å². The molecular weight excluding hydrogens is 338 g/mol. The van der Waals surface area contributed by atoms with Gasteiger partial charge in [0, 0.05) is 21.7 Å². The van der Waals surface area contributed by atoms with Crippen molar-refractivity contribution in [2.75, 3.05) is 6.61 Å². The monoisotopic (exact) mass is 351 g/mol. The van der Waals surface area contributed by atoms with Crippen LogP contribution < -0.4 is 0 Å². The Kier molecular flexibility index (Phi) is 4.86. The molecule has 0 saturated carbocycles. The van der Waals surface area contributed by atoms with Gasteiger partial charge < -0.3 is 4.74 Å². The summed E-state index contributed by atoms with van der Waals surface area (Å²) >= 11 is 9.49. The third-order valence-electron chi connectivity index (χ3n) is 3.20. The van der Waals surface area contributed by atoms with Gasteiger partial charge in [-0.1, -0.05) is 17.7 Å². The summed E-state index contributed by atoms with van der Waals surface area (Å²) in [5.41, 5.74) is 1.94. The number of esters is 1. The van der Waals surface area contributed by atoms with Crippen molar-refractivity contribution in [1.82, 2.24) is 0 Å². The lowest BCUT2D eigenvalue weighted by atomic mass is 10.1. The van der Waals surface area contributed by atoms with Crippen molar-refractivity contribution in [3.8, 4) is 0 Å². The Balaban J connectivity index is 1.89. The van der Waals surface area contributed by atoms with Crippen LogP contribution in [0.1, 0.15) is 18.2 Å². The summed E-state index contributed by atoms with van der Waals surface area (Å²) in [6.07, 6.45) is 0.739. The van der Waals surface area contributed by atoms with E-state index in [1.54, 1.807) is 23.1 Å². The highest BCUT2D eigenvalue weighted by Crippen LogP contribution is 2.42. The molecule has 0 saturated heterocycles. The lowest BCUT2D eigenvalue weighted by Gasteiger charge is -2.24. The Morgan fingerprint density at radius 3 is 3.00 bits per heavy atom. The van der Waals surface area contributed by atoms with Gasteiger partial charge in [0.05, 0.1) is 23.3 Å². The van der Waals surface area contributed by atoms with Crippen LogP contribution in [0.3, 0.4) is 0 Å². The zero-order valence-electron chi connectivity index (χ0n) is 11.9. The van der Waals surface area contributed by atoms with E-state index in [0.29, 0.717) is 11.6 Å². The lowest BCUT2D eigenvalue weighted by molar-refractivity contribution is -0.140. The van der Waals surface area contributed by atoms with E-state index in [9.17, 15) is 4.79 Å². The van der Waals surface area contributed by atoms with Crippen LogP contribution in [0.5, 0.6) is 0 Å². The molecule has 1 aliphatic rings. The number of ether oxygens (including phenoxy) is 1. The average molecular weight is 352 g/mol. The predicted octanol–water partition coefficient (Wildman–Crippen LogP) is 4.95. The van der Waals surface area contributed by atoms with E-state index in [-0.39, 0.29) is 11.2 Å². The SMILES string of the molecule is CC(=O)OCCC1Sc2ccc(Cl)cc2N=C1c1cccs1. The van der Waals surface area contributed by atoms with E-state index in [4.69, 9.17) is 21.3 Å². The van der Waals surface area contributed by atoms with E-state index < -0.39 is 0 Å². The minimum Gasteiger partial charge on any atom is -0.466 e. The van der Waals surface area contributed by atoms with Gasteiger partial charge in [0.1, 0.15) is 0 Å². The molecule has 3 rings (SSSR count). The lowest BCUT2D eigenvalue weighted by Crippen LogP contribution is -2.22. The highest BCUT2D eigenvalue weighted by molar-refractivity contribution is 8.01. The van der Waals surface area contributed by atoms with Crippen molar-refractivity contribution in [3.63, 3.8) is 0 Å². The molecule has 6 heteroatoms. The molecule has 2 heterocycles.